The van der Waals surface area contributed by atoms with Crippen molar-refractivity contribution in [2.75, 3.05) is 5.32 Å². The lowest BCUT2D eigenvalue weighted by molar-refractivity contribution is -0.205. The first kappa shape index (κ1) is 26.4. The molecule has 4 rings (SSSR count). The van der Waals surface area contributed by atoms with Crippen LogP contribution >= 0.6 is 0 Å². The second-order valence-corrected chi connectivity index (χ2v) is 10.1. The van der Waals surface area contributed by atoms with E-state index >= 15 is 0 Å². The third-order valence-electron chi connectivity index (χ3n) is 5.85. The van der Waals surface area contributed by atoms with Crippen LogP contribution in [0.4, 0.5) is 5.69 Å². The lowest BCUT2D eigenvalue weighted by Gasteiger charge is -2.32. The monoisotopic (exact) mass is 518 g/mol. The van der Waals surface area contributed by atoms with Crippen molar-refractivity contribution >= 4 is 29.4 Å². The van der Waals surface area contributed by atoms with Crippen LogP contribution in [0.15, 0.2) is 42.7 Å². The van der Waals surface area contributed by atoms with E-state index < -0.39 is 28.6 Å². The molecule has 4 heterocycles. The molecule has 0 atom stereocenters. The summed E-state index contributed by atoms with van der Waals surface area (Å²) in [6, 6.07) is 8.58. The van der Waals surface area contributed by atoms with Gasteiger partial charge in [0.05, 0.1) is 17.3 Å². The molecule has 0 aromatic carbocycles. The predicted molar refractivity (Wildman–Crippen MR) is 132 cm³/mol. The maximum atomic E-state index is 13.1. The summed E-state index contributed by atoms with van der Waals surface area (Å²) in [4.78, 5) is 62.8. The van der Waals surface area contributed by atoms with Gasteiger partial charge in [-0.05, 0) is 44.5 Å². The topological polar surface area (TPSA) is 170 Å². The van der Waals surface area contributed by atoms with E-state index in [0.717, 1.165) is 0 Å². The Balaban J connectivity index is 1.37. The van der Waals surface area contributed by atoms with Crippen LogP contribution < -0.4 is 5.32 Å². The quantitative estimate of drug-likeness (QED) is 0.434. The Morgan fingerprint density at radius 1 is 0.868 bits per heavy atom. The standard InChI is InChI=1S/C25H26N8O5/c1-24(2,14-25(3,4)23(37)38-33-18(34)10-11-19(33)35)22(36)28-15-8-9-17(27-13-15)21-31-29-20(30-32-21)16-7-5-6-12-26-16/h5-9,12-13H,10-11,14H2,1-4H3,(H,28,36). The summed E-state index contributed by atoms with van der Waals surface area (Å²) in [7, 11) is 0. The lowest BCUT2D eigenvalue weighted by Crippen LogP contribution is -2.42. The van der Waals surface area contributed by atoms with Crippen LogP contribution in [-0.4, -0.2) is 59.1 Å². The Morgan fingerprint density at radius 2 is 1.47 bits per heavy atom. The number of aromatic nitrogens is 6. The number of carbonyl (C=O) groups is 4. The van der Waals surface area contributed by atoms with Gasteiger partial charge in [0, 0.05) is 24.5 Å². The molecular weight excluding hydrogens is 492 g/mol. The van der Waals surface area contributed by atoms with Gasteiger partial charge in [0.1, 0.15) is 11.4 Å². The molecule has 3 aromatic rings. The van der Waals surface area contributed by atoms with Crippen molar-refractivity contribution in [3.05, 3.63) is 42.7 Å². The Hall–Kier alpha value is -4.68. The molecule has 1 fully saturated rings. The summed E-state index contributed by atoms with van der Waals surface area (Å²) in [6.07, 6.45) is 3.16. The van der Waals surface area contributed by atoms with E-state index in [1.807, 2.05) is 0 Å². The molecule has 0 saturated carbocycles. The highest BCUT2D eigenvalue weighted by molar-refractivity contribution is 6.02. The van der Waals surface area contributed by atoms with Crippen LogP contribution in [0.25, 0.3) is 23.0 Å². The van der Waals surface area contributed by atoms with Crippen LogP contribution in [0, 0.1) is 10.8 Å². The number of rotatable bonds is 8. The molecule has 0 aliphatic carbocycles. The summed E-state index contributed by atoms with van der Waals surface area (Å²) in [5, 5.41) is 19.5. The van der Waals surface area contributed by atoms with Gasteiger partial charge in [-0.2, -0.15) is 0 Å². The molecule has 1 aliphatic heterocycles. The van der Waals surface area contributed by atoms with Crippen LogP contribution in [0.3, 0.4) is 0 Å². The van der Waals surface area contributed by atoms with Gasteiger partial charge < -0.3 is 10.2 Å². The minimum Gasteiger partial charge on any atom is -0.330 e. The number of hydrogen-bond donors (Lipinski definition) is 1. The summed E-state index contributed by atoms with van der Waals surface area (Å²) in [6.45, 7) is 6.54. The normalized spacial score (nSPS) is 13.9. The van der Waals surface area contributed by atoms with Gasteiger partial charge in [0.25, 0.3) is 11.8 Å². The third-order valence-corrected chi connectivity index (χ3v) is 5.85. The van der Waals surface area contributed by atoms with Gasteiger partial charge in [0.15, 0.2) is 0 Å². The molecule has 1 N–H and O–H groups in total. The molecule has 38 heavy (non-hydrogen) atoms. The van der Waals surface area contributed by atoms with Gasteiger partial charge in [-0.3, -0.25) is 24.4 Å². The Labute approximate surface area is 218 Å². The van der Waals surface area contributed by atoms with Gasteiger partial charge >= 0.3 is 5.97 Å². The van der Waals surface area contributed by atoms with Crippen molar-refractivity contribution in [2.24, 2.45) is 10.8 Å². The molecule has 13 nitrogen and oxygen atoms in total. The SMILES string of the molecule is CC(C)(CC(C)(C)C(=O)ON1C(=O)CCC1=O)C(=O)Nc1ccc(-c2nnc(-c3ccccn3)nn2)nc1. The molecule has 0 bridgehead atoms. The van der Waals surface area contributed by atoms with E-state index in [1.54, 1.807) is 64.2 Å². The highest BCUT2D eigenvalue weighted by atomic mass is 16.7. The maximum absolute atomic E-state index is 13.1. The summed E-state index contributed by atoms with van der Waals surface area (Å²) < 4.78 is 0. The van der Waals surface area contributed by atoms with E-state index in [4.69, 9.17) is 4.84 Å². The molecular formula is C25H26N8O5. The zero-order chi connectivity index (χ0) is 27.5. The van der Waals surface area contributed by atoms with Gasteiger partial charge in [-0.15, -0.1) is 25.5 Å². The molecule has 196 valence electrons. The van der Waals surface area contributed by atoms with E-state index in [9.17, 15) is 19.2 Å². The Morgan fingerprint density at radius 3 is 2.00 bits per heavy atom. The number of pyridine rings is 2. The molecule has 3 amide bonds. The minimum absolute atomic E-state index is 0.00287. The minimum atomic E-state index is -1.16. The van der Waals surface area contributed by atoms with Gasteiger partial charge in [0.2, 0.25) is 17.6 Å². The molecule has 0 spiro atoms. The average Bonchev–Trinajstić information content (AvgIpc) is 3.21. The molecule has 3 aromatic heterocycles. The summed E-state index contributed by atoms with van der Waals surface area (Å²) in [5.74, 6) is -1.77. The number of imide groups is 1. The number of hydrogen-bond acceptors (Lipinski definition) is 11. The second kappa shape index (κ2) is 10.4. The van der Waals surface area contributed by atoms with Crippen molar-refractivity contribution in [2.45, 2.75) is 47.0 Å². The molecule has 0 radical (unpaired) electrons. The number of nitrogens with zero attached hydrogens (tertiary/aromatic N) is 7. The largest absolute Gasteiger partial charge is 0.338 e. The second-order valence-electron chi connectivity index (χ2n) is 10.1. The molecule has 13 heteroatoms. The van der Waals surface area contributed by atoms with Crippen molar-refractivity contribution in [3.63, 3.8) is 0 Å². The zero-order valence-electron chi connectivity index (χ0n) is 21.3. The zero-order valence-corrected chi connectivity index (χ0v) is 21.3. The number of hydroxylamine groups is 2. The number of nitrogens with one attached hydrogen (secondary N) is 1. The maximum Gasteiger partial charge on any atom is 0.338 e. The Bertz CT molecular complexity index is 1340. The Kier molecular flexibility index (Phi) is 7.19. The van der Waals surface area contributed by atoms with Crippen molar-refractivity contribution in [1.29, 1.82) is 0 Å². The molecule has 0 unspecified atom stereocenters. The van der Waals surface area contributed by atoms with E-state index in [2.05, 4.69) is 35.7 Å². The highest BCUT2D eigenvalue weighted by Crippen LogP contribution is 2.36. The van der Waals surface area contributed by atoms with Crippen molar-refractivity contribution in [1.82, 2.24) is 35.4 Å². The van der Waals surface area contributed by atoms with E-state index in [-0.39, 0.29) is 36.8 Å². The number of amides is 3. The van der Waals surface area contributed by atoms with E-state index in [1.165, 1.54) is 6.20 Å². The highest BCUT2D eigenvalue weighted by Gasteiger charge is 2.43. The predicted octanol–water partition coefficient (Wildman–Crippen LogP) is 2.38. The fourth-order valence-electron chi connectivity index (χ4n) is 3.95. The average molecular weight is 519 g/mol. The lowest BCUT2D eigenvalue weighted by atomic mass is 9.74. The molecule has 1 saturated heterocycles. The van der Waals surface area contributed by atoms with Crippen LogP contribution in [0.5, 0.6) is 0 Å². The van der Waals surface area contributed by atoms with Gasteiger partial charge in [-0.25, -0.2) is 4.79 Å². The first-order chi connectivity index (χ1) is 18.0. The smallest absolute Gasteiger partial charge is 0.330 e. The van der Waals surface area contributed by atoms with Crippen LogP contribution in [0.2, 0.25) is 0 Å². The fourth-order valence-corrected chi connectivity index (χ4v) is 3.95. The first-order valence-electron chi connectivity index (χ1n) is 11.8. The fraction of sp³-hybridized carbons (Fsp3) is 0.360. The summed E-state index contributed by atoms with van der Waals surface area (Å²) in [5.41, 5.74) is -0.804. The third kappa shape index (κ3) is 5.82. The van der Waals surface area contributed by atoms with Gasteiger partial charge in [-0.1, -0.05) is 19.9 Å². The van der Waals surface area contributed by atoms with Crippen LogP contribution in [-0.2, 0) is 24.0 Å². The first-order valence-corrected chi connectivity index (χ1v) is 11.8. The number of carbonyl (C=O) groups excluding carboxylic acids is 4. The number of anilines is 1. The van der Waals surface area contributed by atoms with Crippen LogP contribution in [0.1, 0.15) is 47.0 Å². The van der Waals surface area contributed by atoms with Crippen molar-refractivity contribution in [3.8, 4) is 23.0 Å². The van der Waals surface area contributed by atoms with Crippen molar-refractivity contribution < 1.29 is 24.0 Å². The summed E-state index contributed by atoms with van der Waals surface area (Å²) >= 11 is 0. The molecule has 1 aliphatic rings. The van der Waals surface area contributed by atoms with E-state index in [0.29, 0.717) is 22.1 Å².